The molecule has 8 heteroatoms. The standard InChI is InChI=1S/C19H20Cl2N2O3S/c1-13-4-2-3-11-23(13)27(25,26)16-8-6-15(7-9-16)22-19(24)17-10-5-14(20)12-18(17)21/h5-10,12-13H,2-4,11H2,1H3,(H,22,24). The molecule has 0 radical (unpaired) electrons. The lowest BCUT2D eigenvalue weighted by atomic mass is 10.1. The summed E-state index contributed by atoms with van der Waals surface area (Å²) in [5.74, 6) is -0.392. The Morgan fingerprint density at radius 1 is 1.11 bits per heavy atom. The van der Waals surface area contributed by atoms with Crippen molar-refractivity contribution >= 4 is 44.8 Å². The minimum absolute atomic E-state index is 0.00447. The van der Waals surface area contributed by atoms with E-state index < -0.39 is 15.9 Å². The van der Waals surface area contributed by atoms with E-state index in [-0.39, 0.29) is 16.0 Å². The van der Waals surface area contributed by atoms with Gasteiger partial charge >= 0.3 is 0 Å². The van der Waals surface area contributed by atoms with Gasteiger partial charge in [0, 0.05) is 23.3 Å². The molecule has 1 unspecified atom stereocenters. The second kappa shape index (κ2) is 8.19. The van der Waals surface area contributed by atoms with E-state index in [1.165, 1.54) is 24.3 Å². The third-order valence-electron chi connectivity index (χ3n) is 4.64. The third kappa shape index (κ3) is 4.46. The number of carbonyl (C=O) groups excluding carboxylic acids is 1. The van der Waals surface area contributed by atoms with Crippen molar-refractivity contribution in [2.45, 2.75) is 37.1 Å². The number of nitrogens with zero attached hydrogens (tertiary/aromatic N) is 1. The van der Waals surface area contributed by atoms with Gasteiger partial charge in [-0.05, 0) is 62.2 Å². The fourth-order valence-electron chi connectivity index (χ4n) is 3.15. The van der Waals surface area contributed by atoms with Crippen LogP contribution in [-0.4, -0.2) is 31.2 Å². The maximum absolute atomic E-state index is 12.8. The molecule has 144 valence electrons. The van der Waals surface area contributed by atoms with Crippen LogP contribution in [0.25, 0.3) is 0 Å². The van der Waals surface area contributed by atoms with E-state index in [1.54, 1.807) is 22.5 Å². The minimum atomic E-state index is -3.54. The van der Waals surface area contributed by atoms with Crippen molar-refractivity contribution in [3.63, 3.8) is 0 Å². The molecule has 3 rings (SSSR count). The molecule has 5 nitrogen and oxygen atoms in total. The highest BCUT2D eigenvalue weighted by Gasteiger charge is 2.30. The average molecular weight is 427 g/mol. The van der Waals surface area contributed by atoms with Crippen LogP contribution in [0.2, 0.25) is 10.0 Å². The molecule has 1 fully saturated rings. The van der Waals surface area contributed by atoms with Gasteiger partial charge in [0.2, 0.25) is 10.0 Å². The van der Waals surface area contributed by atoms with E-state index in [0.29, 0.717) is 22.8 Å². The molecule has 0 spiro atoms. The molecule has 1 atom stereocenters. The van der Waals surface area contributed by atoms with Gasteiger partial charge in [-0.3, -0.25) is 4.79 Å². The van der Waals surface area contributed by atoms with Crippen molar-refractivity contribution in [2.24, 2.45) is 0 Å². The number of piperidine rings is 1. The fourth-order valence-corrected chi connectivity index (χ4v) is 5.34. The Hall–Kier alpha value is -1.60. The number of hydrogen-bond acceptors (Lipinski definition) is 3. The normalized spacial score (nSPS) is 18.3. The molecule has 1 N–H and O–H groups in total. The second-order valence-electron chi connectivity index (χ2n) is 6.56. The van der Waals surface area contributed by atoms with Crippen LogP contribution in [0.5, 0.6) is 0 Å². The molecule has 1 amide bonds. The number of carbonyl (C=O) groups is 1. The number of rotatable bonds is 4. The zero-order chi connectivity index (χ0) is 19.6. The highest BCUT2D eigenvalue weighted by molar-refractivity contribution is 7.89. The summed E-state index contributed by atoms with van der Waals surface area (Å²) >= 11 is 11.9. The van der Waals surface area contributed by atoms with Gasteiger partial charge in [0.05, 0.1) is 15.5 Å². The summed E-state index contributed by atoms with van der Waals surface area (Å²) in [6.45, 7) is 2.47. The highest BCUT2D eigenvalue weighted by atomic mass is 35.5. The summed E-state index contributed by atoms with van der Waals surface area (Å²) in [6.07, 6.45) is 2.79. The topological polar surface area (TPSA) is 66.5 Å². The molecule has 1 heterocycles. The zero-order valence-electron chi connectivity index (χ0n) is 14.8. The van der Waals surface area contributed by atoms with Crippen LogP contribution in [0.3, 0.4) is 0 Å². The quantitative estimate of drug-likeness (QED) is 0.762. The van der Waals surface area contributed by atoms with E-state index in [9.17, 15) is 13.2 Å². The van der Waals surface area contributed by atoms with E-state index in [0.717, 1.165) is 19.3 Å². The number of nitrogens with one attached hydrogen (secondary N) is 1. The van der Waals surface area contributed by atoms with Crippen molar-refractivity contribution in [2.75, 3.05) is 11.9 Å². The molecule has 0 bridgehead atoms. The molecular formula is C19H20Cl2N2O3S. The van der Waals surface area contributed by atoms with Crippen LogP contribution in [0, 0.1) is 0 Å². The Kier molecular flexibility index (Phi) is 6.11. The van der Waals surface area contributed by atoms with Gasteiger partial charge in [-0.1, -0.05) is 29.6 Å². The van der Waals surface area contributed by atoms with Gasteiger partial charge in [-0.25, -0.2) is 8.42 Å². The Bertz CT molecular complexity index is 946. The van der Waals surface area contributed by atoms with E-state index >= 15 is 0 Å². The number of amides is 1. The fraction of sp³-hybridized carbons (Fsp3) is 0.316. The Morgan fingerprint density at radius 2 is 1.81 bits per heavy atom. The van der Waals surface area contributed by atoms with Crippen LogP contribution in [0.15, 0.2) is 47.4 Å². The molecule has 1 aliphatic rings. The predicted molar refractivity (Wildman–Crippen MR) is 108 cm³/mol. The summed E-state index contributed by atoms with van der Waals surface area (Å²) < 4.78 is 27.2. The van der Waals surface area contributed by atoms with Crippen LogP contribution in [-0.2, 0) is 10.0 Å². The zero-order valence-corrected chi connectivity index (χ0v) is 17.1. The largest absolute Gasteiger partial charge is 0.322 e. The number of anilines is 1. The van der Waals surface area contributed by atoms with E-state index in [2.05, 4.69) is 5.32 Å². The maximum atomic E-state index is 12.8. The molecule has 27 heavy (non-hydrogen) atoms. The first-order valence-corrected chi connectivity index (χ1v) is 10.9. The van der Waals surface area contributed by atoms with Crippen LogP contribution < -0.4 is 5.32 Å². The van der Waals surface area contributed by atoms with Crippen molar-refractivity contribution < 1.29 is 13.2 Å². The van der Waals surface area contributed by atoms with Gasteiger partial charge in [0.25, 0.3) is 5.91 Å². The first kappa shape index (κ1) is 20.1. The first-order valence-electron chi connectivity index (χ1n) is 8.67. The summed E-state index contributed by atoms with van der Waals surface area (Å²) in [6, 6.07) is 10.8. The molecular weight excluding hydrogens is 407 g/mol. The SMILES string of the molecule is CC1CCCCN1S(=O)(=O)c1ccc(NC(=O)c2ccc(Cl)cc2Cl)cc1. The molecule has 0 aliphatic carbocycles. The smallest absolute Gasteiger partial charge is 0.257 e. The summed E-state index contributed by atoms with van der Waals surface area (Å²) in [5.41, 5.74) is 0.775. The van der Waals surface area contributed by atoms with Crippen LogP contribution in [0.4, 0.5) is 5.69 Å². The number of sulfonamides is 1. The van der Waals surface area contributed by atoms with Gasteiger partial charge < -0.3 is 5.32 Å². The average Bonchev–Trinajstić information content (AvgIpc) is 2.62. The molecule has 0 aromatic heterocycles. The van der Waals surface area contributed by atoms with Crippen LogP contribution in [0.1, 0.15) is 36.5 Å². The highest BCUT2D eigenvalue weighted by Crippen LogP contribution is 2.26. The second-order valence-corrected chi connectivity index (χ2v) is 9.30. The van der Waals surface area contributed by atoms with Gasteiger partial charge in [0.15, 0.2) is 0 Å². The van der Waals surface area contributed by atoms with E-state index in [1.807, 2.05) is 6.92 Å². The number of hydrogen-bond donors (Lipinski definition) is 1. The molecule has 2 aromatic rings. The molecule has 1 aliphatic heterocycles. The van der Waals surface area contributed by atoms with Gasteiger partial charge in [0.1, 0.15) is 0 Å². The third-order valence-corrected chi connectivity index (χ3v) is 7.21. The summed E-state index contributed by atoms with van der Waals surface area (Å²) in [5, 5.41) is 3.40. The van der Waals surface area contributed by atoms with E-state index in [4.69, 9.17) is 23.2 Å². The lowest BCUT2D eigenvalue weighted by Gasteiger charge is -2.32. The lowest BCUT2D eigenvalue weighted by molar-refractivity contribution is 0.102. The van der Waals surface area contributed by atoms with Crippen molar-refractivity contribution in [1.29, 1.82) is 0 Å². The van der Waals surface area contributed by atoms with Crippen molar-refractivity contribution in [3.05, 3.63) is 58.1 Å². The van der Waals surface area contributed by atoms with Crippen molar-refractivity contribution in [1.82, 2.24) is 4.31 Å². The Morgan fingerprint density at radius 3 is 2.44 bits per heavy atom. The molecule has 2 aromatic carbocycles. The number of benzene rings is 2. The monoisotopic (exact) mass is 426 g/mol. The number of halogens is 2. The Labute approximate surface area is 169 Å². The summed E-state index contributed by atoms with van der Waals surface area (Å²) in [4.78, 5) is 12.6. The van der Waals surface area contributed by atoms with Crippen LogP contribution >= 0.6 is 23.2 Å². The van der Waals surface area contributed by atoms with Gasteiger partial charge in [-0.15, -0.1) is 0 Å². The summed E-state index contributed by atoms with van der Waals surface area (Å²) in [7, 11) is -3.54. The Balaban J connectivity index is 1.76. The lowest BCUT2D eigenvalue weighted by Crippen LogP contribution is -2.41. The van der Waals surface area contributed by atoms with Crippen molar-refractivity contribution in [3.8, 4) is 0 Å². The molecule has 0 saturated carbocycles. The van der Waals surface area contributed by atoms with Gasteiger partial charge in [-0.2, -0.15) is 4.31 Å². The maximum Gasteiger partial charge on any atom is 0.257 e. The first-order chi connectivity index (χ1) is 12.8. The molecule has 1 saturated heterocycles. The predicted octanol–water partition coefficient (Wildman–Crippen LogP) is 4.81. The minimum Gasteiger partial charge on any atom is -0.322 e.